The lowest BCUT2D eigenvalue weighted by molar-refractivity contribution is 0.428. The van der Waals surface area contributed by atoms with Crippen LogP contribution in [-0.4, -0.2) is 32.1 Å². The molecule has 0 aliphatic heterocycles. The van der Waals surface area contributed by atoms with Crippen LogP contribution in [0.4, 0.5) is 0 Å². The summed E-state index contributed by atoms with van der Waals surface area (Å²) in [7, 11) is 3.95. The molecule has 0 atom stereocenters. The van der Waals surface area contributed by atoms with Gasteiger partial charge in [0.15, 0.2) is 0 Å². The lowest BCUT2D eigenvalue weighted by Gasteiger charge is -2.18. The molecular formula is C11H18N2. The molecule has 0 amide bonds. The highest BCUT2D eigenvalue weighted by Gasteiger charge is 1.97. The molecular weight excluding hydrogens is 160 g/mol. The third-order valence-electron chi connectivity index (χ3n) is 1.68. The zero-order chi connectivity index (χ0) is 10.1. The van der Waals surface area contributed by atoms with Gasteiger partial charge in [0.25, 0.3) is 0 Å². The summed E-state index contributed by atoms with van der Waals surface area (Å²) in [5.41, 5.74) is 3.86. The summed E-state index contributed by atoms with van der Waals surface area (Å²) >= 11 is 0. The van der Waals surface area contributed by atoms with Crippen molar-refractivity contribution in [2.24, 2.45) is 0 Å². The van der Waals surface area contributed by atoms with Crippen molar-refractivity contribution in [3.8, 4) is 0 Å². The molecule has 0 heterocycles. The number of rotatable bonds is 6. The largest absolute Gasteiger partial charge is 0.367 e. The normalized spacial score (nSPS) is 9.69. The van der Waals surface area contributed by atoms with Gasteiger partial charge in [-0.25, -0.2) is 0 Å². The van der Waals surface area contributed by atoms with Crippen molar-refractivity contribution in [2.75, 3.05) is 27.2 Å². The van der Waals surface area contributed by atoms with E-state index >= 15 is 0 Å². The lowest BCUT2D eigenvalue weighted by atomic mass is 10.3. The van der Waals surface area contributed by atoms with E-state index in [-0.39, 0.29) is 0 Å². The Kier molecular flexibility index (Phi) is 6.70. The minimum atomic E-state index is 0.940. The quantitative estimate of drug-likeness (QED) is 0.490. The van der Waals surface area contributed by atoms with Gasteiger partial charge >= 0.3 is 0 Å². The summed E-state index contributed by atoms with van der Waals surface area (Å²) in [5.74, 6) is 0. The van der Waals surface area contributed by atoms with E-state index in [4.69, 9.17) is 0 Å². The Hall–Kier alpha value is -1.24. The molecule has 0 bridgehead atoms. The van der Waals surface area contributed by atoms with Crippen LogP contribution in [0.25, 0.3) is 0 Å². The molecule has 0 fully saturated rings. The van der Waals surface area contributed by atoms with Crippen LogP contribution < -0.4 is 5.32 Å². The van der Waals surface area contributed by atoms with E-state index in [9.17, 15) is 0 Å². The van der Waals surface area contributed by atoms with Crippen molar-refractivity contribution in [2.45, 2.75) is 0 Å². The molecule has 0 radical (unpaired) electrons. The fraction of sp³-hybridized carbons (Fsp3) is 0.364. The number of hydrogen-bond donors (Lipinski definition) is 1. The van der Waals surface area contributed by atoms with Crippen LogP contribution in [0.1, 0.15) is 0 Å². The SMILES string of the molecule is C=C=C(/C=C\C=C)N(C)CCNC. The van der Waals surface area contributed by atoms with Gasteiger partial charge < -0.3 is 10.2 Å². The highest BCUT2D eigenvalue weighted by atomic mass is 15.1. The highest BCUT2D eigenvalue weighted by molar-refractivity contribution is 5.18. The fourth-order valence-corrected chi connectivity index (χ4v) is 0.880. The van der Waals surface area contributed by atoms with Gasteiger partial charge in [-0.1, -0.05) is 25.3 Å². The Bertz CT molecular complexity index is 222. The first-order chi connectivity index (χ1) is 6.26. The average molecular weight is 178 g/mol. The minimum Gasteiger partial charge on any atom is -0.367 e. The molecule has 0 saturated carbocycles. The molecule has 0 unspecified atom stereocenters. The summed E-state index contributed by atoms with van der Waals surface area (Å²) in [6.45, 7) is 9.13. The van der Waals surface area contributed by atoms with E-state index in [1.165, 1.54) is 0 Å². The molecule has 0 aliphatic carbocycles. The van der Waals surface area contributed by atoms with Gasteiger partial charge in [0.05, 0.1) is 5.70 Å². The Morgan fingerprint density at radius 3 is 2.77 bits per heavy atom. The maximum absolute atomic E-state index is 3.63. The Morgan fingerprint density at radius 1 is 1.62 bits per heavy atom. The molecule has 13 heavy (non-hydrogen) atoms. The maximum atomic E-state index is 3.63. The molecule has 72 valence electrons. The van der Waals surface area contributed by atoms with Gasteiger partial charge in [0, 0.05) is 20.1 Å². The van der Waals surface area contributed by atoms with Crippen molar-refractivity contribution in [1.82, 2.24) is 10.2 Å². The van der Waals surface area contributed by atoms with Crippen LogP contribution in [-0.2, 0) is 0 Å². The molecule has 2 heteroatoms. The van der Waals surface area contributed by atoms with Crippen molar-refractivity contribution in [3.63, 3.8) is 0 Å². The van der Waals surface area contributed by atoms with Crippen LogP contribution in [0.2, 0.25) is 0 Å². The first-order valence-corrected chi connectivity index (χ1v) is 4.31. The first kappa shape index (κ1) is 11.8. The zero-order valence-electron chi connectivity index (χ0n) is 8.51. The van der Waals surface area contributed by atoms with E-state index in [2.05, 4.69) is 29.1 Å². The molecule has 0 aliphatic rings. The Labute approximate surface area is 80.9 Å². The number of allylic oxidation sites excluding steroid dienone is 3. The summed E-state index contributed by atoms with van der Waals surface area (Å²) in [5, 5.41) is 3.09. The maximum Gasteiger partial charge on any atom is 0.0791 e. The topological polar surface area (TPSA) is 15.3 Å². The van der Waals surface area contributed by atoms with E-state index in [0.717, 1.165) is 18.8 Å². The molecule has 0 aromatic carbocycles. The van der Waals surface area contributed by atoms with E-state index in [1.54, 1.807) is 6.08 Å². The summed E-state index contributed by atoms with van der Waals surface area (Å²) < 4.78 is 0. The van der Waals surface area contributed by atoms with E-state index in [1.807, 2.05) is 26.2 Å². The number of hydrogen-bond acceptors (Lipinski definition) is 2. The van der Waals surface area contributed by atoms with Crippen molar-refractivity contribution in [1.29, 1.82) is 0 Å². The summed E-state index contributed by atoms with van der Waals surface area (Å²) in [4.78, 5) is 2.09. The van der Waals surface area contributed by atoms with E-state index in [0.29, 0.717) is 0 Å². The van der Waals surface area contributed by atoms with Crippen LogP contribution in [0.5, 0.6) is 0 Å². The van der Waals surface area contributed by atoms with Crippen molar-refractivity contribution in [3.05, 3.63) is 42.8 Å². The predicted octanol–water partition coefficient (Wildman–Crippen LogP) is 1.55. The van der Waals surface area contributed by atoms with Gasteiger partial charge in [-0.2, -0.15) is 0 Å². The Balaban J connectivity index is 4.16. The zero-order valence-corrected chi connectivity index (χ0v) is 8.51. The van der Waals surface area contributed by atoms with Gasteiger partial charge in [0.1, 0.15) is 0 Å². The van der Waals surface area contributed by atoms with Gasteiger partial charge in [-0.05, 0) is 13.1 Å². The van der Waals surface area contributed by atoms with Crippen molar-refractivity contribution < 1.29 is 0 Å². The predicted molar refractivity (Wildman–Crippen MR) is 58.5 cm³/mol. The number of nitrogens with one attached hydrogen (secondary N) is 1. The molecule has 0 aromatic rings. The fourth-order valence-electron chi connectivity index (χ4n) is 0.880. The first-order valence-electron chi connectivity index (χ1n) is 4.31. The van der Waals surface area contributed by atoms with Crippen LogP contribution >= 0.6 is 0 Å². The third kappa shape index (κ3) is 5.07. The van der Waals surface area contributed by atoms with Gasteiger partial charge in [-0.3, -0.25) is 0 Å². The molecule has 0 spiro atoms. The number of nitrogens with zero attached hydrogens (tertiary/aromatic N) is 1. The second kappa shape index (κ2) is 7.41. The van der Waals surface area contributed by atoms with Crippen molar-refractivity contribution >= 4 is 0 Å². The highest BCUT2D eigenvalue weighted by Crippen LogP contribution is 2.00. The molecule has 0 rings (SSSR count). The van der Waals surface area contributed by atoms with Gasteiger partial charge in [0.2, 0.25) is 0 Å². The van der Waals surface area contributed by atoms with Crippen LogP contribution in [0.3, 0.4) is 0 Å². The monoisotopic (exact) mass is 178 g/mol. The minimum absolute atomic E-state index is 0.940. The van der Waals surface area contributed by atoms with E-state index < -0.39 is 0 Å². The van der Waals surface area contributed by atoms with Crippen LogP contribution in [0.15, 0.2) is 42.8 Å². The summed E-state index contributed by atoms with van der Waals surface area (Å²) in [6, 6.07) is 0. The van der Waals surface area contributed by atoms with Crippen LogP contribution in [0, 0.1) is 0 Å². The Morgan fingerprint density at radius 2 is 2.31 bits per heavy atom. The lowest BCUT2D eigenvalue weighted by Crippen LogP contribution is -2.26. The molecule has 1 N–H and O–H groups in total. The second-order valence-electron chi connectivity index (χ2n) is 2.68. The van der Waals surface area contributed by atoms with Gasteiger partial charge in [-0.15, -0.1) is 5.73 Å². The molecule has 0 saturated heterocycles. The molecule has 0 aromatic heterocycles. The smallest absolute Gasteiger partial charge is 0.0791 e. The average Bonchev–Trinajstić information content (AvgIpc) is 2.16. The number of likely N-dealkylation sites (N-methyl/N-ethyl adjacent to an activating group) is 2. The third-order valence-corrected chi connectivity index (χ3v) is 1.68. The summed E-state index contributed by atoms with van der Waals surface area (Å²) in [6.07, 6.45) is 5.56. The molecule has 2 nitrogen and oxygen atoms in total. The standard InChI is InChI=1S/C11H18N2/c1-5-7-8-11(6-2)13(4)10-9-12-3/h5,7-8,12H,1-2,9-10H2,3-4H3/b8-7-. The second-order valence-corrected chi connectivity index (χ2v) is 2.68.